The van der Waals surface area contributed by atoms with Crippen molar-refractivity contribution >= 4 is 5.78 Å². The molecule has 15 heavy (non-hydrogen) atoms. The van der Waals surface area contributed by atoms with E-state index in [2.05, 4.69) is 6.58 Å². The summed E-state index contributed by atoms with van der Waals surface area (Å²) in [6, 6.07) is 0. The van der Waals surface area contributed by atoms with Crippen molar-refractivity contribution in [3.05, 3.63) is 35.1 Å². The standard InChI is InChI=1S/C9H10O2.C2H6.CH4O/c1-5-4-6(2)9(11)7(3)8(5)10;2*1-2/h4,10H,1H2,2-3H3;1-2H3;2H,1H3. The van der Waals surface area contributed by atoms with E-state index in [1.807, 2.05) is 13.8 Å². The molecule has 3 heteroatoms. The number of rotatable bonds is 0. The third-order valence-electron chi connectivity index (χ3n) is 1.75. The normalized spacial score (nSPS) is 14.7. The van der Waals surface area contributed by atoms with Gasteiger partial charge in [-0.2, -0.15) is 0 Å². The van der Waals surface area contributed by atoms with Gasteiger partial charge in [-0.05, 0) is 25.5 Å². The van der Waals surface area contributed by atoms with Crippen molar-refractivity contribution in [2.45, 2.75) is 27.7 Å². The van der Waals surface area contributed by atoms with Crippen molar-refractivity contribution < 1.29 is 15.0 Å². The number of allylic oxidation sites excluding steroid dienone is 3. The minimum atomic E-state index is -0.102. The van der Waals surface area contributed by atoms with Gasteiger partial charge in [-0.3, -0.25) is 4.79 Å². The maximum Gasteiger partial charge on any atom is 0.188 e. The summed E-state index contributed by atoms with van der Waals surface area (Å²) in [6.45, 7) is 10.9. The average Bonchev–Trinajstić information content (AvgIpc) is 2.29. The van der Waals surface area contributed by atoms with Gasteiger partial charge in [0.05, 0.1) is 0 Å². The van der Waals surface area contributed by atoms with Crippen LogP contribution in [0.25, 0.3) is 0 Å². The fourth-order valence-corrected chi connectivity index (χ4v) is 1.04. The van der Waals surface area contributed by atoms with Gasteiger partial charge in [0.25, 0.3) is 0 Å². The van der Waals surface area contributed by atoms with Crippen LogP contribution < -0.4 is 0 Å². The van der Waals surface area contributed by atoms with Gasteiger partial charge in [0.2, 0.25) is 0 Å². The van der Waals surface area contributed by atoms with Crippen molar-refractivity contribution in [1.82, 2.24) is 0 Å². The van der Waals surface area contributed by atoms with Crippen LogP contribution in [0, 0.1) is 0 Å². The molecule has 0 heterocycles. The van der Waals surface area contributed by atoms with E-state index in [-0.39, 0.29) is 11.5 Å². The molecule has 0 bridgehead atoms. The Bertz CT molecular complexity index is 296. The Morgan fingerprint density at radius 2 is 1.60 bits per heavy atom. The molecule has 0 aromatic rings. The van der Waals surface area contributed by atoms with Gasteiger partial charge in [-0.25, -0.2) is 0 Å². The van der Waals surface area contributed by atoms with Crippen molar-refractivity contribution in [3.63, 3.8) is 0 Å². The molecule has 86 valence electrons. The highest BCUT2D eigenvalue weighted by molar-refractivity contribution is 6.09. The lowest BCUT2D eigenvalue weighted by Gasteiger charge is -2.11. The van der Waals surface area contributed by atoms with E-state index in [0.29, 0.717) is 16.7 Å². The molecule has 0 aliphatic heterocycles. The molecule has 3 nitrogen and oxygen atoms in total. The van der Waals surface area contributed by atoms with Crippen molar-refractivity contribution in [1.29, 1.82) is 0 Å². The van der Waals surface area contributed by atoms with Crippen LogP contribution in [0.1, 0.15) is 27.7 Å². The first kappa shape index (κ1) is 16.1. The van der Waals surface area contributed by atoms with E-state index in [1.54, 1.807) is 19.9 Å². The summed E-state index contributed by atoms with van der Waals surface area (Å²) in [7, 11) is 1.00. The summed E-state index contributed by atoms with van der Waals surface area (Å²) in [5.41, 5.74) is 1.53. The summed E-state index contributed by atoms with van der Waals surface area (Å²) in [5, 5.41) is 16.2. The summed E-state index contributed by atoms with van der Waals surface area (Å²) < 4.78 is 0. The van der Waals surface area contributed by atoms with Crippen LogP contribution in [0.15, 0.2) is 35.1 Å². The second-order valence-corrected chi connectivity index (χ2v) is 2.66. The smallest absolute Gasteiger partial charge is 0.188 e. The molecule has 0 aromatic carbocycles. The fraction of sp³-hybridized carbons (Fsp3) is 0.417. The Labute approximate surface area is 91.4 Å². The SMILES string of the molecule is C=C1C=C(C)C(=O)C(C)=C1O.CC.CO. The zero-order chi connectivity index (χ0) is 12.6. The molecule has 0 fully saturated rings. The molecule has 1 aliphatic carbocycles. The second-order valence-electron chi connectivity index (χ2n) is 2.66. The molecule has 0 spiro atoms. The Morgan fingerprint density at radius 3 is 2.00 bits per heavy atom. The van der Waals surface area contributed by atoms with Crippen molar-refractivity contribution in [2.24, 2.45) is 0 Å². The predicted octanol–water partition coefficient (Wildman–Crippen LogP) is 2.54. The van der Waals surface area contributed by atoms with E-state index < -0.39 is 0 Å². The zero-order valence-corrected chi connectivity index (χ0v) is 10.1. The third kappa shape index (κ3) is 4.13. The van der Waals surface area contributed by atoms with E-state index in [4.69, 9.17) is 5.11 Å². The number of hydrogen-bond acceptors (Lipinski definition) is 3. The number of carbonyl (C=O) groups is 1. The van der Waals surface area contributed by atoms with E-state index >= 15 is 0 Å². The van der Waals surface area contributed by atoms with Gasteiger partial charge in [0.15, 0.2) is 5.78 Å². The van der Waals surface area contributed by atoms with Crippen molar-refractivity contribution in [3.8, 4) is 0 Å². The highest BCUT2D eigenvalue weighted by atomic mass is 16.3. The van der Waals surface area contributed by atoms with Crippen LogP contribution in [-0.2, 0) is 4.79 Å². The monoisotopic (exact) mass is 212 g/mol. The molecule has 0 unspecified atom stereocenters. The molecule has 0 saturated heterocycles. The Morgan fingerprint density at radius 1 is 1.20 bits per heavy atom. The topological polar surface area (TPSA) is 57.5 Å². The lowest BCUT2D eigenvalue weighted by Crippen LogP contribution is -2.10. The number of ketones is 1. The van der Waals surface area contributed by atoms with Gasteiger partial charge in [0.1, 0.15) is 5.76 Å². The number of hydrogen-bond donors (Lipinski definition) is 2. The van der Waals surface area contributed by atoms with Crippen LogP contribution in [0.5, 0.6) is 0 Å². The number of Topliss-reactive ketones (excluding diaryl/α,β-unsaturated/α-hetero) is 1. The highest BCUT2D eigenvalue weighted by Crippen LogP contribution is 2.22. The minimum Gasteiger partial charge on any atom is -0.507 e. The Hall–Kier alpha value is -1.35. The van der Waals surface area contributed by atoms with Gasteiger partial charge >= 0.3 is 0 Å². The maximum absolute atomic E-state index is 11.2. The predicted molar refractivity (Wildman–Crippen MR) is 62.7 cm³/mol. The van der Waals surface area contributed by atoms with Crippen LogP contribution in [0.4, 0.5) is 0 Å². The Balaban J connectivity index is 0. The lowest BCUT2D eigenvalue weighted by atomic mass is 9.95. The van der Waals surface area contributed by atoms with Gasteiger partial charge in [-0.15, -0.1) is 0 Å². The second kappa shape index (κ2) is 8.00. The molecule has 0 radical (unpaired) electrons. The Kier molecular flexibility index (Phi) is 8.58. The molecule has 0 amide bonds. The molecule has 0 atom stereocenters. The van der Waals surface area contributed by atoms with E-state index in [1.165, 1.54) is 0 Å². The van der Waals surface area contributed by atoms with Crippen LogP contribution in [0.3, 0.4) is 0 Å². The van der Waals surface area contributed by atoms with Gasteiger partial charge < -0.3 is 10.2 Å². The van der Waals surface area contributed by atoms with Crippen LogP contribution in [-0.4, -0.2) is 23.1 Å². The molecule has 0 aromatic heterocycles. The van der Waals surface area contributed by atoms with Crippen LogP contribution in [0.2, 0.25) is 0 Å². The first-order valence-corrected chi connectivity index (χ1v) is 4.81. The van der Waals surface area contributed by atoms with E-state index in [9.17, 15) is 9.90 Å². The summed E-state index contributed by atoms with van der Waals surface area (Å²) in [5.74, 6) is -0.0875. The van der Waals surface area contributed by atoms with Crippen molar-refractivity contribution in [2.75, 3.05) is 7.11 Å². The number of aliphatic hydroxyl groups excluding tert-OH is 2. The number of aliphatic hydroxyl groups is 2. The molecule has 1 aliphatic rings. The average molecular weight is 212 g/mol. The quantitative estimate of drug-likeness (QED) is 0.648. The summed E-state index contributed by atoms with van der Waals surface area (Å²) in [6.07, 6.45) is 1.59. The fourth-order valence-electron chi connectivity index (χ4n) is 1.04. The maximum atomic E-state index is 11.2. The largest absolute Gasteiger partial charge is 0.507 e. The molecule has 1 rings (SSSR count). The zero-order valence-electron chi connectivity index (χ0n) is 10.1. The third-order valence-corrected chi connectivity index (χ3v) is 1.75. The minimum absolute atomic E-state index is 0.0144. The van der Waals surface area contributed by atoms with E-state index in [0.717, 1.165) is 7.11 Å². The summed E-state index contributed by atoms with van der Waals surface area (Å²) in [4.78, 5) is 11.2. The van der Waals surface area contributed by atoms with Crippen LogP contribution >= 0.6 is 0 Å². The number of carbonyl (C=O) groups excluding carboxylic acids is 1. The summed E-state index contributed by atoms with van der Waals surface area (Å²) >= 11 is 0. The molecular weight excluding hydrogens is 192 g/mol. The first-order valence-electron chi connectivity index (χ1n) is 4.81. The lowest BCUT2D eigenvalue weighted by molar-refractivity contribution is -0.112. The first-order chi connectivity index (χ1) is 7.04. The molecule has 2 N–H and O–H groups in total. The van der Waals surface area contributed by atoms with Gasteiger partial charge in [-0.1, -0.05) is 20.4 Å². The molecular formula is C12H20O3. The molecule has 0 saturated carbocycles. The van der Waals surface area contributed by atoms with Gasteiger partial charge in [0, 0.05) is 18.3 Å². The highest BCUT2D eigenvalue weighted by Gasteiger charge is 2.18.